The maximum absolute atomic E-state index is 10.7. The van der Waals surface area contributed by atoms with Crippen molar-refractivity contribution in [1.29, 1.82) is 0 Å². The SMILES string of the molecule is CCc1cc(-c2cc(C(=O)O)on2)ccc1C. The third kappa shape index (κ3) is 2.20. The number of hydrogen-bond acceptors (Lipinski definition) is 3. The van der Waals surface area contributed by atoms with E-state index in [2.05, 4.69) is 12.1 Å². The highest BCUT2D eigenvalue weighted by molar-refractivity contribution is 5.85. The highest BCUT2D eigenvalue weighted by atomic mass is 16.5. The minimum absolute atomic E-state index is 0.140. The van der Waals surface area contributed by atoms with Gasteiger partial charge in [0.15, 0.2) is 0 Å². The molecule has 17 heavy (non-hydrogen) atoms. The van der Waals surface area contributed by atoms with Crippen LogP contribution in [0.4, 0.5) is 0 Å². The van der Waals surface area contributed by atoms with Crippen molar-refractivity contribution < 1.29 is 14.4 Å². The van der Waals surface area contributed by atoms with Crippen LogP contribution in [0.3, 0.4) is 0 Å². The largest absolute Gasteiger partial charge is 0.475 e. The van der Waals surface area contributed by atoms with E-state index in [1.807, 2.05) is 25.1 Å². The molecule has 1 N–H and O–H groups in total. The Hall–Kier alpha value is -2.10. The summed E-state index contributed by atoms with van der Waals surface area (Å²) in [7, 11) is 0. The van der Waals surface area contributed by atoms with Gasteiger partial charge in [0.05, 0.1) is 0 Å². The van der Waals surface area contributed by atoms with Crippen molar-refractivity contribution >= 4 is 5.97 Å². The van der Waals surface area contributed by atoms with Crippen LogP contribution in [0.1, 0.15) is 28.6 Å². The van der Waals surface area contributed by atoms with Crippen LogP contribution in [0.15, 0.2) is 28.8 Å². The normalized spacial score (nSPS) is 10.5. The standard InChI is InChI=1S/C13H13NO3/c1-3-9-6-10(5-4-8(9)2)11-7-12(13(15)16)17-14-11/h4-7H,3H2,1-2H3,(H,15,16). The van der Waals surface area contributed by atoms with Gasteiger partial charge in [-0.1, -0.05) is 24.2 Å². The van der Waals surface area contributed by atoms with Crippen molar-refractivity contribution in [3.8, 4) is 11.3 Å². The second kappa shape index (κ2) is 4.41. The van der Waals surface area contributed by atoms with Crippen LogP contribution in [-0.4, -0.2) is 16.2 Å². The summed E-state index contributed by atoms with van der Waals surface area (Å²) < 4.78 is 4.73. The Morgan fingerprint density at radius 3 is 2.76 bits per heavy atom. The number of carboxylic acid groups (broad SMARTS) is 1. The average Bonchev–Trinajstić information content (AvgIpc) is 2.79. The van der Waals surface area contributed by atoms with Crippen molar-refractivity contribution in [2.75, 3.05) is 0 Å². The molecule has 4 nitrogen and oxygen atoms in total. The molecule has 1 heterocycles. The average molecular weight is 231 g/mol. The molecule has 1 aromatic heterocycles. The lowest BCUT2D eigenvalue weighted by molar-refractivity contribution is 0.0652. The Bertz CT molecular complexity index is 558. The van der Waals surface area contributed by atoms with Gasteiger partial charge in [-0.3, -0.25) is 0 Å². The van der Waals surface area contributed by atoms with Gasteiger partial charge >= 0.3 is 5.97 Å². The van der Waals surface area contributed by atoms with Crippen LogP contribution < -0.4 is 0 Å². The number of carbonyl (C=O) groups is 1. The lowest BCUT2D eigenvalue weighted by Crippen LogP contribution is -1.91. The third-order valence-corrected chi connectivity index (χ3v) is 2.75. The van der Waals surface area contributed by atoms with Crippen molar-refractivity contribution in [2.24, 2.45) is 0 Å². The van der Waals surface area contributed by atoms with Crippen LogP contribution in [0.25, 0.3) is 11.3 Å². The monoisotopic (exact) mass is 231 g/mol. The van der Waals surface area contributed by atoms with Crippen LogP contribution in [-0.2, 0) is 6.42 Å². The predicted molar refractivity (Wildman–Crippen MR) is 63.0 cm³/mol. The summed E-state index contributed by atoms with van der Waals surface area (Å²) in [4.78, 5) is 10.7. The van der Waals surface area contributed by atoms with Gasteiger partial charge in [0, 0.05) is 11.6 Å². The number of aromatic nitrogens is 1. The summed E-state index contributed by atoms with van der Waals surface area (Å²) in [6, 6.07) is 7.37. The number of aromatic carboxylic acids is 1. The van der Waals surface area contributed by atoms with Crippen LogP contribution in [0.2, 0.25) is 0 Å². The van der Waals surface area contributed by atoms with Crippen LogP contribution in [0, 0.1) is 6.92 Å². The molecule has 0 fully saturated rings. The molecular formula is C13H13NO3. The molecule has 0 aliphatic carbocycles. The van der Waals surface area contributed by atoms with E-state index in [1.165, 1.54) is 17.2 Å². The van der Waals surface area contributed by atoms with E-state index < -0.39 is 5.97 Å². The molecule has 0 aliphatic heterocycles. The molecule has 0 spiro atoms. The molecule has 2 rings (SSSR count). The Labute approximate surface area is 98.9 Å². The quantitative estimate of drug-likeness (QED) is 0.882. The van der Waals surface area contributed by atoms with Gasteiger partial charge in [-0.15, -0.1) is 0 Å². The summed E-state index contributed by atoms with van der Waals surface area (Å²) in [5, 5.41) is 12.5. The van der Waals surface area contributed by atoms with Gasteiger partial charge in [-0.2, -0.15) is 0 Å². The zero-order chi connectivity index (χ0) is 12.4. The Kier molecular flexibility index (Phi) is 2.95. The Morgan fingerprint density at radius 2 is 2.18 bits per heavy atom. The van der Waals surface area contributed by atoms with Crippen LogP contribution >= 0.6 is 0 Å². The van der Waals surface area contributed by atoms with Crippen molar-refractivity contribution in [1.82, 2.24) is 5.16 Å². The Morgan fingerprint density at radius 1 is 1.41 bits per heavy atom. The number of nitrogens with zero attached hydrogens (tertiary/aromatic N) is 1. The lowest BCUT2D eigenvalue weighted by atomic mass is 10.0. The van der Waals surface area contributed by atoms with Gasteiger partial charge in [0.25, 0.3) is 0 Å². The van der Waals surface area contributed by atoms with E-state index in [1.54, 1.807) is 0 Å². The zero-order valence-electron chi connectivity index (χ0n) is 9.73. The molecule has 1 aromatic carbocycles. The molecule has 0 saturated carbocycles. The molecule has 0 bridgehead atoms. The summed E-state index contributed by atoms with van der Waals surface area (Å²) >= 11 is 0. The molecule has 0 atom stereocenters. The van der Waals surface area contributed by atoms with Crippen molar-refractivity contribution in [3.63, 3.8) is 0 Å². The first kappa shape index (κ1) is 11.4. The van der Waals surface area contributed by atoms with Gasteiger partial charge in [0.1, 0.15) is 5.69 Å². The Balaban J connectivity index is 2.42. The fourth-order valence-corrected chi connectivity index (χ4v) is 1.72. The number of carboxylic acids is 1. The number of hydrogen-bond donors (Lipinski definition) is 1. The van der Waals surface area contributed by atoms with E-state index in [0.717, 1.165) is 12.0 Å². The van der Waals surface area contributed by atoms with Gasteiger partial charge in [-0.05, 0) is 30.5 Å². The zero-order valence-corrected chi connectivity index (χ0v) is 9.73. The molecule has 0 saturated heterocycles. The number of aryl methyl sites for hydroxylation is 2. The summed E-state index contributed by atoms with van der Waals surface area (Å²) in [5.74, 6) is -1.25. The highest BCUT2D eigenvalue weighted by Gasteiger charge is 2.12. The van der Waals surface area contributed by atoms with Gasteiger partial charge in [-0.25, -0.2) is 4.79 Å². The molecule has 0 unspecified atom stereocenters. The maximum Gasteiger partial charge on any atom is 0.374 e. The first-order valence-corrected chi connectivity index (χ1v) is 5.41. The fourth-order valence-electron chi connectivity index (χ4n) is 1.72. The maximum atomic E-state index is 10.7. The fraction of sp³-hybridized carbons (Fsp3) is 0.231. The molecule has 0 amide bonds. The van der Waals surface area contributed by atoms with Crippen molar-refractivity contribution in [2.45, 2.75) is 20.3 Å². The van der Waals surface area contributed by atoms with Gasteiger partial charge < -0.3 is 9.63 Å². The first-order chi connectivity index (χ1) is 8.11. The molecular weight excluding hydrogens is 218 g/mol. The summed E-state index contributed by atoms with van der Waals surface area (Å²) in [5.41, 5.74) is 3.88. The molecule has 0 aliphatic rings. The minimum Gasteiger partial charge on any atom is -0.475 e. The predicted octanol–water partition coefficient (Wildman–Crippen LogP) is 2.91. The van der Waals surface area contributed by atoms with E-state index in [0.29, 0.717) is 5.69 Å². The van der Waals surface area contributed by atoms with Crippen molar-refractivity contribution in [3.05, 3.63) is 41.2 Å². The van der Waals surface area contributed by atoms with E-state index in [9.17, 15) is 4.79 Å². The van der Waals surface area contributed by atoms with E-state index in [4.69, 9.17) is 9.63 Å². The first-order valence-electron chi connectivity index (χ1n) is 5.41. The smallest absolute Gasteiger partial charge is 0.374 e. The molecule has 4 heteroatoms. The topological polar surface area (TPSA) is 63.3 Å². The van der Waals surface area contributed by atoms with E-state index >= 15 is 0 Å². The molecule has 88 valence electrons. The number of rotatable bonds is 3. The highest BCUT2D eigenvalue weighted by Crippen LogP contribution is 2.22. The summed E-state index contributed by atoms with van der Waals surface area (Å²) in [6.45, 7) is 4.13. The molecule has 2 aromatic rings. The van der Waals surface area contributed by atoms with E-state index in [-0.39, 0.29) is 5.76 Å². The number of benzene rings is 1. The second-order valence-corrected chi connectivity index (χ2v) is 3.88. The van der Waals surface area contributed by atoms with Crippen LogP contribution in [0.5, 0.6) is 0 Å². The molecule has 0 radical (unpaired) electrons. The minimum atomic E-state index is -1.11. The lowest BCUT2D eigenvalue weighted by Gasteiger charge is -2.04. The second-order valence-electron chi connectivity index (χ2n) is 3.88. The van der Waals surface area contributed by atoms with Gasteiger partial charge in [0.2, 0.25) is 5.76 Å². The third-order valence-electron chi connectivity index (χ3n) is 2.75. The summed E-state index contributed by atoms with van der Waals surface area (Å²) in [6.07, 6.45) is 0.934.